The second kappa shape index (κ2) is 11.4. The molecule has 4 atom stereocenters. The molecule has 2 aromatic carbocycles. The van der Waals surface area contributed by atoms with Gasteiger partial charge in [-0.05, 0) is 94.8 Å². The molecule has 0 aromatic heterocycles. The van der Waals surface area contributed by atoms with E-state index < -0.39 is 17.6 Å². The van der Waals surface area contributed by atoms with Crippen molar-refractivity contribution in [2.24, 2.45) is 11.8 Å². The van der Waals surface area contributed by atoms with Gasteiger partial charge in [0, 0.05) is 5.92 Å². The molecule has 0 spiro atoms. The van der Waals surface area contributed by atoms with Gasteiger partial charge in [0.1, 0.15) is 17.7 Å². The zero-order valence-electron chi connectivity index (χ0n) is 24.1. The molecule has 0 heterocycles. The number of likely N-dealkylation sites (N-methyl/N-ethyl adjacent to an activating group) is 1. The molecule has 0 N–H and O–H groups in total. The molecule has 0 saturated heterocycles. The molecule has 1 aliphatic rings. The lowest BCUT2D eigenvalue weighted by Crippen LogP contribution is -2.45. The largest absolute Gasteiger partial charge is 0.461 e. The summed E-state index contributed by atoms with van der Waals surface area (Å²) in [6.07, 6.45) is 2.82. The Morgan fingerprint density at radius 1 is 0.973 bits per heavy atom. The molecule has 0 aliphatic heterocycles. The number of nitrogens with zero attached hydrogens (tertiary/aromatic N) is 1. The first-order valence-electron chi connectivity index (χ1n) is 13.5. The second-order valence-electron chi connectivity index (χ2n) is 12.5. The number of ether oxygens (including phenoxy) is 2. The molecular formula is C32H45NO4. The second-order valence-corrected chi connectivity index (χ2v) is 12.5. The Labute approximate surface area is 223 Å². The van der Waals surface area contributed by atoms with E-state index in [4.69, 9.17) is 9.47 Å². The van der Waals surface area contributed by atoms with Gasteiger partial charge in [0.2, 0.25) is 0 Å². The van der Waals surface area contributed by atoms with Crippen LogP contribution in [0.15, 0.2) is 48.5 Å². The Morgan fingerprint density at radius 2 is 1.62 bits per heavy atom. The van der Waals surface area contributed by atoms with Gasteiger partial charge >= 0.3 is 11.9 Å². The minimum absolute atomic E-state index is 0.132. The third-order valence-electron chi connectivity index (χ3n) is 7.71. The lowest BCUT2D eigenvalue weighted by molar-refractivity contribution is -0.162. The average molecular weight is 508 g/mol. The standard InChI is InChI=1S/C32H45NO4/c1-21-15-18-26(32(6,7)24-13-11-10-12-14-24)27(19-21)36-30(35)28(33(8)9)25-20-23(17-16-22(25)2)29(34)37-31(3,4)5/h10-14,16-17,20-21,26-28H,15,18-19H2,1-9H3/t21-,26-,27-,28+/m1/s1. The Bertz CT molecular complexity index is 1080. The third-order valence-corrected chi connectivity index (χ3v) is 7.71. The minimum Gasteiger partial charge on any atom is -0.461 e. The van der Waals surface area contributed by atoms with Crippen molar-refractivity contribution in [2.75, 3.05) is 14.1 Å². The molecule has 5 nitrogen and oxygen atoms in total. The number of carbonyl (C=O) groups is 2. The van der Waals surface area contributed by atoms with Crippen molar-refractivity contribution in [2.45, 2.75) is 90.9 Å². The first-order chi connectivity index (χ1) is 17.2. The molecule has 5 heteroatoms. The smallest absolute Gasteiger partial charge is 0.338 e. The number of carbonyl (C=O) groups excluding carboxylic acids is 2. The monoisotopic (exact) mass is 507 g/mol. The van der Waals surface area contributed by atoms with Crippen LogP contribution in [0, 0.1) is 18.8 Å². The first-order valence-corrected chi connectivity index (χ1v) is 13.5. The molecular weight excluding hydrogens is 462 g/mol. The zero-order valence-corrected chi connectivity index (χ0v) is 24.1. The zero-order chi connectivity index (χ0) is 27.5. The van der Waals surface area contributed by atoms with Gasteiger partial charge in [-0.15, -0.1) is 0 Å². The summed E-state index contributed by atoms with van der Waals surface area (Å²) in [7, 11) is 3.75. The fourth-order valence-corrected chi connectivity index (χ4v) is 5.59. The summed E-state index contributed by atoms with van der Waals surface area (Å²) in [5.41, 5.74) is 2.67. The van der Waals surface area contributed by atoms with Gasteiger partial charge in [-0.2, -0.15) is 0 Å². The molecule has 202 valence electrons. The van der Waals surface area contributed by atoms with E-state index >= 15 is 0 Å². The molecule has 1 fully saturated rings. The highest BCUT2D eigenvalue weighted by Crippen LogP contribution is 2.44. The van der Waals surface area contributed by atoms with Crippen molar-refractivity contribution in [3.8, 4) is 0 Å². The summed E-state index contributed by atoms with van der Waals surface area (Å²) < 4.78 is 12.0. The molecule has 37 heavy (non-hydrogen) atoms. The lowest BCUT2D eigenvalue weighted by atomic mass is 9.64. The van der Waals surface area contributed by atoms with Gasteiger partial charge in [-0.1, -0.05) is 63.6 Å². The van der Waals surface area contributed by atoms with Crippen molar-refractivity contribution in [1.29, 1.82) is 0 Å². The molecule has 0 radical (unpaired) electrons. The van der Waals surface area contributed by atoms with Crippen LogP contribution in [0.3, 0.4) is 0 Å². The first kappa shape index (κ1) is 28.9. The van der Waals surface area contributed by atoms with Crippen LogP contribution in [0.5, 0.6) is 0 Å². The fourth-order valence-electron chi connectivity index (χ4n) is 5.59. The van der Waals surface area contributed by atoms with Crippen LogP contribution in [-0.2, 0) is 19.7 Å². The van der Waals surface area contributed by atoms with Crippen LogP contribution >= 0.6 is 0 Å². The van der Waals surface area contributed by atoms with E-state index in [1.165, 1.54) is 5.56 Å². The number of esters is 2. The molecule has 3 rings (SSSR count). The number of benzene rings is 2. The molecule has 2 aromatic rings. The summed E-state index contributed by atoms with van der Waals surface area (Å²) in [6.45, 7) is 14.3. The number of aryl methyl sites for hydroxylation is 1. The van der Waals surface area contributed by atoms with Gasteiger partial charge in [0.25, 0.3) is 0 Å². The fraction of sp³-hybridized carbons (Fsp3) is 0.562. The predicted octanol–water partition coefficient (Wildman–Crippen LogP) is 6.88. The maximum absolute atomic E-state index is 13.9. The highest BCUT2D eigenvalue weighted by Gasteiger charge is 2.43. The van der Waals surface area contributed by atoms with Crippen LogP contribution in [0.25, 0.3) is 0 Å². The van der Waals surface area contributed by atoms with Crippen molar-refractivity contribution < 1.29 is 19.1 Å². The highest BCUT2D eigenvalue weighted by atomic mass is 16.6. The summed E-state index contributed by atoms with van der Waals surface area (Å²) in [4.78, 5) is 28.5. The van der Waals surface area contributed by atoms with E-state index in [-0.39, 0.29) is 23.4 Å². The van der Waals surface area contributed by atoms with Crippen molar-refractivity contribution in [3.05, 3.63) is 70.8 Å². The van der Waals surface area contributed by atoms with Gasteiger partial charge < -0.3 is 9.47 Å². The Morgan fingerprint density at radius 3 is 2.22 bits per heavy atom. The summed E-state index contributed by atoms with van der Waals surface area (Å²) in [6, 6.07) is 15.3. The average Bonchev–Trinajstić information content (AvgIpc) is 2.79. The van der Waals surface area contributed by atoms with Crippen molar-refractivity contribution >= 4 is 11.9 Å². The van der Waals surface area contributed by atoms with Crippen LogP contribution in [0.2, 0.25) is 0 Å². The quantitative estimate of drug-likeness (QED) is 0.382. The number of rotatable bonds is 7. The van der Waals surface area contributed by atoms with E-state index in [1.54, 1.807) is 12.1 Å². The Balaban J connectivity index is 1.91. The van der Waals surface area contributed by atoms with Gasteiger partial charge in [-0.3, -0.25) is 4.90 Å². The topological polar surface area (TPSA) is 55.8 Å². The van der Waals surface area contributed by atoms with Crippen LogP contribution in [0.1, 0.15) is 93.9 Å². The van der Waals surface area contributed by atoms with Gasteiger partial charge in [0.15, 0.2) is 0 Å². The van der Waals surface area contributed by atoms with Crippen molar-refractivity contribution in [1.82, 2.24) is 4.90 Å². The Kier molecular flexibility index (Phi) is 8.89. The van der Waals surface area contributed by atoms with Crippen LogP contribution in [-0.4, -0.2) is 42.6 Å². The third kappa shape index (κ3) is 7.01. The molecule has 1 saturated carbocycles. The minimum atomic E-state index is -0.625. The van der Waals surface area contributed by atoms with Gasteiger partial charge in [-0.25, -0.2) is 9.59 Å². The van der Waals surface area contributed by atoms with E-state index in [9.17, 15) is 9.59 Å². The number of hydrogen-bond acceptors (Lipinski definition) is 5. The SMILES string of the molecule is Cc1ccc(C(=O)OC(C)(C)C)cc1[C@@H](C(=O)O[C@@H]1C[C@H](C)CC[C@H]1C(C)(C)c1ccccc1)N(C)C. The van der Waals surface area contributed by atoms with E-state index in [2.05, 4.69) is 45.0 Å². The summed E-state index contributed by atoms with van der Waals surface area (Å²) in [5, 5.41) is 0. The van der Waals surface area contributed by atoms with Crippen LogP contribution < -0.4 is 0 Å². The number of hydrogen-bond donors (Lipinski definition) is 0. The normalized spacial score (nSPS) is 21.4. The Hall–Kier alpha value is -2.66. The summed E-state index contributed by atoms with van der Waals surface area (Å²) >= 11 is 0. The van der Waals surface area contributed by atoms with Crippen LogP contribution in [0.4, 0.5) is 0 Å². The highest BCUT2D eigenvalue weighted by molar-refractivity contribution is 5.90. The predicted molar refractivity (Wildman–Crippen MR) is 149 cm³/mol. The lowest BCUT2D eigenvalue weighted by Gasteiger charge is -2.44. The molecule has 0 bridgehead atoms. The van der Waals surface area contributed by atoms with E-state index in [0.717, 1.165) is 30.4 Å². The molecule has 1 aliphatic carbocycles. The maximum atomic E-state index is 13.9. The van der Waals surface area contributed by atoms with Crippen molar-refractivity contribution in [3.63, 3.8) is 0 Å². The maximum Gasteiger partial charge on any atom is 0.338 e. The van der Waals surface area contributed by atoms with E-state index in [1.807, 2.05) is 58.8 Å². The molecule has 0 amide bonds. The summed E-state index contributed by atoms with van der Waals surface area (Å²) in [5.74, 6) is 0.0375. The van der Waals surface area contributed by atoms with E-state index in [0.29, 0.717) is 11.5 Å². The van der Waals surface area contributed by atoms with Gasteiger partial charge in [0.05, 0.1) is 5.56 Å². The molecule has 0 unspecified atom stereocenters.